The molecule has 1 aliphatic rings. The summed E-state index contributed by atoms with van der Waals surface area (Å²) in [5, 5.41) is 8.09. The van der Waals surface area contributed by atoms with Crippen molar-refractivity contribution < 1.29 is 4.79 Å². The van der Waals surface area contributed by atoms with E-state index in [0.717, 1.165) is 24.0 Å². The molecule has 1 aromatic heterocycles. The standard InChI is InChI=1S/C13H13BrN4O/c14-10-5-7-17(8-6-10)13(19)9-18-12-4-2-1-3-11(12)15-16-18/h1-5H,6-9H2. The number of hydrogen-bond donors (Lipinski definition) is 0. The van der Waals surface area contributed by atoms with E-state index in [0.29, 0.717) is 6.54 Å². The number of nitrogens with zero attached hydrogens (tertiary/aromatic N) is 4. The summed E-state index contributed by atoms with van der Waals surface area (Å²) < 4.78 is 2.83. The van der Waals surface area contributed by atoms with Crippen LogP contribution in [0.4, 0.5) is 0 Å². The van der Waals surface area contributed by atoms with Gasteiger partial charge in [0.05, 0.1) is 5.52 Å². The van der Waals surface area contributed by atoms with E-state index >= 15 is 0 Å². The van der Waals surface area contributed by atoms with Crippen molar-refractivity contribution in [1.29, 1.82) is 0 Å². The van der Waals surface area contributed by atoms with Gasteiger partial charge in [0.25, 0.3) is 0 Å². The Bertz CT molecular complexity index is 649. The predicted octanol–water partition coefficient (Wildman–Crippen LogP) is 1.94. The molecule has 1 aliphatic heterocycles. The molecule has 2 heterocycles. The fourth-order valence-electron chi connectivity index (χ4n) is 2.13. The van der Waals surface area contributed by atoms with Gasteiger partial charge in [-0.15, -0.1) is 5.10 Å². The van der Waals surface area contributed by atoms with Gasteiger partial charge in [-0.1, -0.05) is 39.4 Å². The molecule has 98 valence electrons. The van der Waals surface area contributed by atoms with Crippen LogP contribution >= 0.6 is 15.9 Å². The third-order valence-electron chi connectivity index (χ3n) is 3.21. The lowest BCUT2D eigenvalue weighted by atomic mass is 10.2. The van der Waals surface area contributed by atoms with Crippen LogP contribution in [0, 0.1) is 0 Å². The highest BCUT2D eigenvalue weighted by Gasteiger charge is 2.17. The molecule has 1 aromatic carbocycles. The van der Waals surface area contributed by atoms with E-state index < -0.39 is 0 Å². The van der Waals surface area contributed by atoms with Crippen LogP contribution in [-0.4, -0.2) is 38.9 Å². The van der Waals surface area contributed by atoms with Gasteiger partial charge < -0.3 is 4.90 Å². The van der Waals surface area contributed by atoms with Crippen LogP contribution in [0.3, 0.4) is 0 Å². The van der Waals surface area contributed by atoms with Crippen molar-refractivity contribution >= 4 is 32.9 Å². The number of amides is 1. The average molecular weight is 321 g/mol. The minimum atomic E-state index is 0.0758. The molecule has 0 atom stereocenters. The second-order valence-electron chi connectivity index (χ2n) is 4.48. The largest absolute Gasteiger partial charge is 0.337 e. The summed E-state index contributed by atoms with van der Waals surface area (Å²) in [7, 11) is 0. The molecular formula is C13H13BrN4O. The number of halogens is 1. The molecule has 19 heavy (non-hydrogen) atoms. The van der Waals surface area contributed by atoms with Gasteiger partial charge in [-0.2, -0.15) is 0 Å². The molecule has 0 fully saturated rings. The Kier molecular flexibility index (Phi) is 3.33. The smallest absolute Gasteiger partial charge is 0.244 e. The molecular weight excluding hydrogens is 308 g/mol. The molecule has 3 rings (SSSR count). The van der Waals surface area contributed by atoms with Crippen molar-refractivity contribution in [2.45, 2.75) is 13.0 Å². The van der Waals surface area contributed by atoms with Crippen LogP contribution in [-0.2, 0) is 11.3 Å². The van der Waals surface area contributed by atoms with Crippen molar-refractivity contribution in [2.24, 2.45) is 0 Å². The Morgan fingerprint density at radius 2 is 2.21 bits per heavy atom. The highest BCUT2D eigenvalue weighted by atomic mass is 79.9. The molecule has 0 saturated carbocycles. The fraction of sp³-hybridized carbons (Fsp3) is 0.308. The molecule has 6 heteroatoms. The number of carbonyl (C=O) groups is 1. The molecule has 0 radical (unpaired) electrons. The van der Waals surface area contributed by atoms with Gasteiger partial charge in [0, 0.05) is 13.1 Å². The van der Waals surface area contributed by atoms with Gasteiger partial charge in [-0.05, 0) is 23.0 Å². The van der Waals surface area contributed by atoms with Crippen molar-refractivity contribution in [3.05, 3.63) is 34.8 Å². The van der Waals surface area contributed by atoms with Crippen LogP contribution in [0.25, 0.3) is 11.0 Å². The molecule has 0 bridgehead atoms. The molecule has 0 aliphatic carbocycles. The van der Waals surface area contributed by atoms with E-state index in [4.69, 9.17) is 0 Å². The fourth-order valence-corrected chi connectivity index (χ4v) is 2.46. The minimum Gasteiger partial charge on any atom is -0.337 e. The maximum absolute atomic E-state index is 12.2. The lowest BCUT2D eigenvalue weighted by Crippen LogP contribution is -2.36. The molecule has 5 nitrogen and oxygen atoms in total. The van der Waals surface area contributed by atoms with E-state index in [1.807, 2.05) is 35.2 Å². The van der Waals surface area contributed by atoms with Crippen LogP contribution in [0.2, 0.25) is 0 Å². The number of benzene rings is 1. The topological polar surface area (TPSA) is 51.0 Å². The van der Waals surface area contributed by atoms with Crippen molar-refractivity contribution in [1.82, 2.24) is 19.9 Å². The highest BCUT2D eigenvalue weighted by molar-refractivity contribution is 9.11. The van der Waals surface area contributed by atoms with Crippen LogP contribution in [0.15, 0.2) is 34.8 Å². The zero-order chi connectivity index (χ0) is 13.2. The van der Waals surface area contributed by atoms with Gasteiger partial charge in [0.2, 0.25) is 5.91 Å². The maximum atomic E-state index is 12.2. The van der Waals surface area contributed by atoms with Crippen LogP contribution in [0.1, 0.15) is 6.42 Å². The number of aromatic nitrogens is 3. The number of para-hydroxylation sites is 1. The van der Waals surface area contributed by atoms with E-state index in [1.54, 1.807) is 4.68 Å². The summed E-state index contributed by atoms with van der Waals surface area (Å²) in [6.45, 7) is 1.65. The number of hydrogen-bond acceptors (Lipinski definition) is 3. The molecule has 1 amide bonds. The van der Waals surface area contributed by atoms with Gasteiger partial charge in [0.15, 0.2) is 0 Å². The third kappa shape index (κ3) is 2.53. The lowest BCUT2D eigenvalue weighted by molar-refractivity contribution is -0.131. The molecule has 2 aromatic rings. The Morgan fingerprint density at radius 3 is 3.00 bits per heavy atom. The SMILES string of the molecule is O=C(Cn1nnc2ccccc21)N1CC=C(Br)CC1. The van der Waals surface area contributed by atoms with Gasteiger partial charge in [-0.25, -0.2) is 4.68 Å². The van der Waals surface area contributed by atoms with E-state index in [1.165, 1.54) is 4.48 Å². The Labute approximate surface area is 119 Å². The monoisotopic (exact) mass is 320 g/mol. The Morgan fingerprint density at radius 1 is 1.37 bits per heavy atom. The predicted molar refractivity (Wildman–Crippen MR) is 75.7 cm³/mol. The van der Waals surface area contributed by atoms with Gasteiger partial charge in [0.1, 0.15) is 12.1 Å². The Hall–Kier alpha value is -1.69. The number of fused-ring (bicyclic) bond motifs is 1. The first-order valence-corrected chi connectivity index (χ1v) is 6.94. The molecule has 0 saturated heterocycles. The Balaban J connectivity index is 1.76. The lowest BCUT2D eigenvalue weighted by Gasteiger charge is -2.24. The average Bonchev–Trinajstić information content (AvgIpc) is 2.83. The van der Waals surface area contributed by atoms with Crippen LogP contribution < -0.4 is 0 Å². The maximum Gasteiger partial charge on any atom is 0.244 e. The summed E-state index contributed by atoms with van der Waals surface area (Å²) in [5.41, 5.74) is 1.71. The van der Waals surface area contributed by atoms with Crippen molar-refractivity contribution in [3.63, 3.8) is 0 Å². The second-order valence-corrected chi connectivity index (χ2v) is 5.50. The summed E-state index contributed by atoms with van der Waals surface area (Å²) in [5.74, 6) is 0.0758. The van der Waals surface area contributed by atoms with Crippen LogP contribution in [0.5, 0.6) is 0 Å². The minimum absolute atomic E-state index is 0.0758. The summed E-state index contributed by atoms with van der Waals surface area (Å²) in [6, 6.07) is 7.66. The first-order chi connectivity index (χ1) is 9.24. The number of carbonyl (C=O) groups excluding carboxylic acids is 1. The van der Waals surface area contributed by atoms with Gasteiger partial charge in [-0.3, -0.25) is 4.79 Å². The quantitative estimate of drug-likeness (QED) is 0.849. The van der Waals surface area contributed by atoms with Crippen molar-refractivity contribution in [2.75, 3.05) is 13.1 Å². The normalized spacial score (nSPS) is 15.6. The first-order valence-electron chi connectivity index (χ1n) is 6.14. The zero-order valence-corrected chi connectivity index (χ0v) is 11.9. The molecule has 0 spiro atoms. The third-order valence-corrected chi connectivity index (χ3v) is 3.93. The molecule has 0 unspecified atom stereocenters. The zero-order valence-electron chi connectivity index (χ0n) is 10.3. The van der Waals surface area contributed by atoms with E-state index in [-0.39, 0.29) is 12.5 Å². The van der Waals surface area contributed by atoms with E-state index in [2.05, 4.69) is 26.2 Å². The number of rotatable bonds is 2. The van der Waals surface area contributed by atoms with Crippen molar-refractivity contribution in [3.8, 4) is 0 Å². The summed E-state index contributed by atoms with van der Waals surface area (Å²) in [6.07, 6.45) is 2.91. The summed E-state index contributed by atoms with van der Waals surface area (Å²) >= 11 is 3.45. The summed E-state index contributed by atoms with van der Waals surface area (Å²) in [4.78, 5) is 14.0. The van der Waals surface area contributed by atoms with E-state index in [9.17, 15) is 4.79 Å². The van der Waals surface area contributed by atoms with Gasteiger partial charge >= 0.3 is 0 Å². The molecule has 0 N–H and O–H groups in total. The first kappa shape index (κ1) is 12.3. The second kappa shape index (κ2) is 5.13. The highest BCUT2D eigenvalue weighted by Crippen LogP contribution is 2.17.